The summed E-state index contributed by atoms with van der Waals surface area (Å²) in [7, 11) is 3.55. The number of aryl methyl sites for hydroxylation is 1. The van der Waals surface area contributed by atoms with Gasteiger partial charge in [0.25, 0.3) is 5.91 Å². The lowest BCUT2D eigenvalue weighted by atomic mass is 10.2. The minimum absolute atomic E-state index is 0.102. The van der Waals surface area contributed by atoms with Crippen LogP contribution >= 0.6 is 11.3 Å². The smallest absolute Gasteiger partial charge is 0.263 e. The van der Waals surface area contributed by atoms with Crippen LogP contribution in [0.4, 0.5) is 0 Å². The summed E-state index contributed by atoms with van der Waals surface area (Å²) in [5.41, 5.74) is 2.31. The molecular weight excluding hydrogens is 170 g/mol. The molecule has 0 spiro atoms. The van der Waals surface area contributed by atoms with Gasteiger partial charge in [-0.3, -0.25) is 4.79 Å². The monoisotopic (exact) mass is 183 g/mol. The summed E-state index contributed by atoms with van der Waals surface area (Å²) in [6.07, 6.45) is 0. The molecule has 1 aromatic rings. The van der Waals surface area contributed by atoms with Crippen LogP contribution in [-0.2, 0) is 0 Å². The minimum Gasteiger partial charge on any atom is -0.344 e. The van der Waals surface area contributed by atoms with E-state index in [-0.39, 0.29) is 5.91 Å². The molecule has 1 heterocycles. The highest BCUT2D eigenvalue weighted by Crippen LogP contribution is 2.21. The molecule has 0 aliphatic rings. The predicted molar refractivity (Wildman–Crippen MR) is 51.8 cm³/mol. The van der Waals surface area contributed by atoms with Crippen molar-refractivity contribution in [1.29, 1.82) is 0 Å². The molecule has 0 unspecified atom stereocenters. The molecule has 0 atom stereocenters. The summed E-state index contributed by atoms with van der Waals surface area (Å²) in [5, 5.41) is 2.02. The highest BCUT2D eigenvalue weighted by atomic mass is 32.1. The summed E-state index contributed by atoms with van der Waals surface area (Å²) < 4.78 is 0. The first-order chi connectivity index (χ1) is 5.54. The molecule has 12 heavy (non-hydrogen) atoms. The Hall–Kier alpha value is -0.830. The third-order valence-corrected chi connectivity index (χ3v) is 3.07. The topological polar surface area (TPSA) is 20.3 Å². The maximum absolute atomic E-state index is 11.5. The predicted octanol–water partition coefficient (Wildman–Crippen LogP) is 2.07. The zero-order valence-electron chi connectivity index (χ0n) is 7.84. The molecule has 1 aromatic heterocycles. The van der Waals surface area contributed by atoms with Gasteiger partial charge in [0, 0.05) is 14.1 Å². The average molecular weight is 183 g/mol. The van der Waals surface area contributed by atoms with Crippen molar-refractivity contribution in [3.8, 4) is 0 Å². The molecule has 0 aromatic carbocycles. The van der Waals surface area contributed by atoms with Crippen LogP contribution < -0.4 is 0 Å². The van der Waals surface area contributed by atoms with Gasteiger partial charge in [-0.1, -0.05) is 0 Å². The van der Waals surface area contributed by atoms with E-state index >= 15 is 0 Å². The molecule has 0 N–H and O–H groups in total. The molecule has 0 radical (unpaired) electrons. The summed E-state index contributed by atoms with van der Waals surface area (Å²) in [5.74, 6) is 0.102. The van der Waals surface area contributed by atoms with E-state index in [0.717, 1.165) is 10.4 Å². The second kappa shape index (κ2) is 3.27. The maximum atomic E-state index is 11.5. The number of amides is 1. The molecule has 0 aliphatic carbocycles. The van der Waals surface area contributed by atoms with E-state index in [0.29, 0.717) is 0 Å². The first kappa shape index (κ1) is 9.26. The van der Waals surface area contributed by atoms with Gasteiger partial charge in [-0.25, -0.2) is 0 Å². The fourth-order valence-corrected chi connectivity index (χ4v) is 2.01. The second-order valence-corrected chi connectivity index (χ2v) is 3.95. The van der Waals surface area contributed by atoms with E-state index in [2.05, 4.69) is 0 Å². The molecule has 1 amide bonds. The van der Waals surface area contributed by atoms with Gasteiger partial charge >= 0.3 is 0 Å². The van der Waals surface area contributed by atoms with Crippen LogP contribution in [0.1, 0.15) is 20.8 Å². The maximum Gasteiger partial charge on any atom is 0.263 e. The molecule has 0 saturated carbocycles. The standard InChI is InChI=1S/C9H13NOS/c1-6-5-12-8(7(6)2)9(11)10(3)4/h5H,1-4H3. The average Bonchev–Trinajstić information content (AvgIpc) is 2.32. The van der Waals surface area contributed by atoms with Crippen LogP contribution in [0.5, 0.6) is 0 Å². The molecule has 2 nitrogen and oxygen atoms in total. The Morgan fingerprint density at radius 2 is 2.00 bits per heavy atom. The van der Waals surface area contributed by atoms with Crippen molar-refractivity contribution in [1.82, 2.24) is 4.90 Å². The Balaban J connectivity index is 3.04. The van der Waals surface area contributed by atoms with E-state index in [9.17, 15) is 4.79 Å². The number of thiophene rings is 1. The Labute approximate surface area is 76.8 Å². The van der Waals surface area contributed by atoms with Crippen LogP contribution in [0.15, 0.2) is 5.38 Å². The zero-order valence-corrected chi connectivity index (χ0v) is 8.66. The highest BCUT2D eigenvalue weighted by Gasteiger charge is 2.13. The molecule has 0 aliphatic heterocycles. The molecule has 1 rings (SSSR count). The Morgan fingerprint density at radius 1 is 1.42 bits per heavy atom. The SMILES string of the molecule is Cc1csc(C(=O)N(C)C)c1C. The van der Waals surface area contributed by atoms with Gasteiger partial charge in [0.2, 0.25) is 0 Å². The van der Waals surface area contributed by atoms with Crippen molar-refractivity contribution in [2.75, 3.05) is 14.1 Å². The van der Waals surface area contributed by atoms with E-state index in [1.807, 2.05) is 19.2 Å². The van der Waals surface area contributed by atoms with Gasteiger partial charge in [0.05, 0.1) is 4.88 Å². The lowest BCUT2D eigenvalue weighted by molar-refractivity contribution is 0.0831. The fourth-order valence-electron chi connectivity index (χ4n) is 0.917. The fraction of sp³-hybridized carbons (Fsp3) is 0.444. The van der Waals surface area contributed by atoms with Gasteiger partial charge < -0.3 is 4.90 Å². The number of hydrogen-bond acceptors (Lipinski definition) is 2. The van der Waals surface area contributed by atoms with Gasteiger partial charge in [-0.2, -0.15) is 0 Å². The number of carbonyl (C=O) groups excluding carboxylic acids is 1. The Morgan fingerprint density at radius 3 is 2.33 bits per heavy atom. The molecule has 66 valence electrons. The number of rotatable bonds is 1. The zero-order chi connectivity index (χ0) is 9.30. The lowest BCUT2D eigenvalue weighted by Gasteiger charge is -2.08. The van der Waals surface area contributed by atoms with Gasteiger partial charge in [0.15, 0.2) is 0 Å². The third kappa shape index (κ3) is 1.50. The first-order valence-corrected chi connectivity index (χ1v) is 4.68. The lowest BCUT2D eigenvalue weighted by Crippen LogP contribution is -2.21. The van der Waals surface area contributed by atoms with E-state index in [4.69, 9.17) is 0 Å². The van der Waals surface area contributed by atoms with Crippen molar-refractivity contribution in [2.24, 2.45) is 0 Å². The molecule has 3 heteroatoms. The van der Waals surface area contributed by atoms with Crippen molar-refractivity contribution in [3.63, 3.8) is 0 Å². The largest absolute Gasteiger partial charge is 0.344 e. The van der Waals surface area contributed by atoms with Crippen LogP contribution in [-0.4, -0.2) is 24.9 Å². The summed E-state index contributed by atoms with van der Waals surface area (Å²) in [6.45, 7) is 4.01. The highest BCUT2D eigenvalue weighted by molar-refractivity contribution is 7.12. The summed E-state index contributed by atoms with van der Waals surface area (Å²) >= 11 is 1.52. The third-order valence-electron chi connectivity index (χ3n) is 1.89. The quantitative estimate of drug-likeness (QED) is 0.652. The Kier molecular flexibility index (Phi) is 2.52. The van der Waals surface area contributed by atoms with Gasteiger partial charge in [-0.15, -0.1) is 11.3 Å². The van der Waals surface area contributed by atoms with Crippen LogP contribution in [0.3, 0.4) is 0 Å². The molecule has 0 fully saturated rings. The molecule has 0 saturated heterocycles. The van der Waals surface area contributed by atoms with Crippen molar-refractivity contribution < 1.29 is 4.79 Å². The minimum atomic E-state index is 0.102. The van der Waals surface area contributed by atoms with Gasteiger partial charge in [-0.05, 0) is 30.4 Å². The number of carbonyl (C=O) groups is 1. The van der Waals surface area contributed by atoms with Crippen molar-refractivity contribution >= 4 is 17.2 Å². The van der Waals surface area contributed by atoms with E-state index < -0.39 is 0 Å². The normalized spacial score (nSPS) is 10.0. The van der Waals surface area contributed by atoms with Gasteiger partial charge in [0.1, 0.15) is 0 Å². The van der Waals surface area contributed by atoms with Crippen LogP contribution in [0.25, 0.3) is 0 Å². The summed E-state index contributed by atoms with van der Waals surface area (Å²) in [6, 6.07) is 0. The van der Waals surface area contributed by atoms with E-state index in [1.54, 1.807) is 19.0 Å². The number of nitrogens with zero attached hydrogens (tertiary/aromatic N) is 1. The first-order valence-electron chi connectivity index (χ1n) is 3.80. The molecular formula is C9H13NOS. The summed E-state index contributed by atoms with van der Waals surface area (Å²) in [4.78, 5) is 14.0. The van der Waals surface area contributed by atoms with Crippen molar-refractivity contribution in [3.05, 3.63) is 21.4 Å². The van der Waals surface area contributed by atoms with Crippen molar-refractivity contribution in [2.45, 2.75) is 13.8 Å². The number of hydrogen-bond donors (Lipinski definition) is 0. The van der Waals surface area contributed by atoms with E-state index in [1.165, 1.54) is 16.9 Å². The van der Waals surface area contributed by atoms with Crippen LogP contribution in [0, 0.1) is 13.8 Å². The Bertz CT molecular complexity index is 301. The second-order valence-electron chi connectivity index (χ2n) is 3.07. The molecule has 0 bridgehead atoms. The van der Waals surface area contributed by atoms with Crippen LogP contribution in [0.2, 0.25) is 0 Å².